The van der Waals surface area contributed by atoms with Crippen molar-refractivity contribution in [1.29, 1.82) is 0 Å². The van der Waals surface area contributed by atoms with Crippen molar-refractivity contribution in [2.24, 2.45) is 0 Å². The monoisotopic (exact) mass is 509 g/mol. The molecule has 1 aliphatic rings. The van der Waals surface area contributed by atoms with Crippen LogP contribution in [-0.2, 0) is 11.3 Å². The van der Waals surface area contributed by atoms with Crippen molar-refractivity contribution >= 4 is 11.8 Å². The van der Waals surface area contributed by atoms with Crippen LogP contribution < -0.4 is 0 Å². The lowest BCUT2D eigenvalue weighted by Gasteiger charge is -2.36. The highest BCUT2D eigenvalue weighted by Crippen LogP contribution is 2.15. The van der Waals surface area contributed by atoms with E-state index in [0.717, 1.165) is 56.7 Å². The third-order valence-electron chi connectivity index (χ3n) is 7.35. The van der Waals surface area contributed by atoms with E-state index in [1.165, 1.54) is 44.2 Å². The summed E-state index contributed by atoms with van der Waals surface area (Å²) < 4.78 is 13.4. The van der Waals surface area contributed by atoms with Crippen molar-refractivity contribution < 1.29 is 14.0 Å². The molecule has 0 radical (unpaired) electrons. The van der Waals surface area contributed by atoms with E-state index in [2.05, 4.69) is 11.8 Å². The molecule has 6 heteroatoms. The first kappa shape index (κ1) is 28.8. The maximum absolute atomic E-state index is 13.4. The lowest BCUT2D eigenvalue weighted by atomic mass is 10.1. The summed E-state index contributed by atoms with van der Waals surface area (Å²) in [6.45, 7) is 9.09. The van der Waals surface area contributed by atoms with Crippen molar-refractivity contribution in [1.82, 2.24) is 14.7 Å². The average molecular weight is 510 g/mol. The molecular formula is C31H44FN3O2. The summed E-state index contributed by atoms with van der Waals surface area (Å²) in [5, 5.41) is 0. The molecule has 0 saturated carbocycles. The van der Waals surface area contributed by atoms with Gasteiger partial charge in [-0.1, -0.05) is 75.8 Å². The third-order valence-corrected chi connectivity index (χ3v) is 7.35. The fraction of sp³-hybridized carbons (Fsp3) is 0.548. The first-order valence-electron chi connectivity index (χ1n) is 14.1. The zero-order valence-corrected chi connectivity index (χ0v) is 22.8. The molecular weight excluding hydrogens is 465 g/mol. The molecule has 1 fully saturated rings. The van der Waals surface area contributed by atoms with Crippen molar-refractivity contribution in [3.63, 3.8) is 0 Å². The third kappa shape index (κ3) is 9.58. The standard InChI is InChI=1S/C31H44FN3O2/c1-3-4-5-6-7-8-9-14-30(36)34-22-19-33(20-23-34)21-24-35(25-27-15-17-28(32)18-16-27)31(37)29-13-11-10-12-26(29)2/h10-13,15-18H,3-9,14,19-25H2,1-2H3. The van der Waals surface area contributed by atoms with E-state index in [4.69, 9.17) is 0 Å². The van der Waals surface area contributed by atoms with E-state index in [1.54, 1.807) is 12.1 Å². The maximum Gasteiger partial charge on any atom is 0.254 e. The van der Waals surface area contributed by atoms with Gasteiger partial charge in [0.2, 0.25) is 5.91 Å². The molecule has 2 amide bonds. The van der Waals surface area contributed by atoms with E-state index in [-0.39, 0.29) is 17.6 Å². The summed E-state index contributed by atoms with van der Waals surface area (Å²) in [6.07, 6.45) is 9.20. The molecule has 0 aromatic heterocycles. The molecule has 5 nitrogen and oxygen atoms in total. The topological polar surface area (TPSA) is 43.9 Å². The van der Waals surface area contributed by atoms with Crippen molar-refractivity contribution in [3.05, 3.63) is 71.0 Å². The number of benzene rings is 2. The zero-order chi connectivity index (χ0) is 26.5. The highest BCUT2D eigenvalue weighted by Gasteiger charge is 2.23. The van der Waals surface area contributed by atoms with Gasteiger partial charge < -0.3 is 9.80 Å². The fourth-order valence-electron chi connectivity index (χ4n) is 4.92. The molecule has 3 rings (SSSR count). The van der Waals surface area contributed by atoms with Crippen molar-refractivity contribution in [2.45, 2.75) is 71.8 Å². The molecule has 0 N–H and O–H groups in total. The normalized spacial score (nSPS) is 14.1. The molecule has 2 aromatic rings. The highest BCUT2D eigenvalue weighted by molar-refractivity contribution is 5.95. The van der Waals surface area contributed by atoms with E-state index < -0.39 is 0 Å². The van der Waals surface area contributed by atoms with Gasteiger partial charge in [-0.2, -0.15) is 0 Å². The number of rotatable bonds is 14. The molecule has 0 aliphatic carbocycles. The lowest BCUT2D eigenvalue weighted by molar-refractivity contribution is -0.133. The van der Waals surface area contributed by atoms with Crippen LogP contribution in [0.15, 0.2) is 48.5 Å². The van der Waals surface area contributed by atoms with Gasteiger partial charge in [-0.05, 0) is 42.7 Å². The quantitative estimate of drug-likeness (QED) is 0.291. The molecule has 0 bridgehead atoms. The molecule has 1 heterocycles. The van der Waals surface area contributed by atoms with Crippen LogP contribution in [0, 0.1) is 12.7 Å². The van der Waals surface area contributed by atoms with E-state index in [0.29, 0.717) is 25.1 Å². The number of hydrogen-bond acceptors (Lipinski definition) is 3. The summed E-state index contributed by atoms with van der Waals surface area (Å²) in [6, 6.07) is 14.0. The Morgan fingerprint density at radius 3 is 2.19 bits per heavy atom. The SMILES string of the molecule is CCCCCCCCCC(=O)N1CCN(CCN(Cc2ccc(F)cc2)C(=O)c2ccccc2C)CC1. The molecule has 0 unspecified atom stereocenters. The van der Waals surface area contributed by atoms with Crippen LogP contribution in [0.3, 0.4) is 0 Å². The molecule has 1 aliphatic heterocycles. The Labute approximate surface area is 222 Å². The van der Waals surface area contributed by atoms with Gasteiger partial charge in [-0.3, -0.25) is 14.5 Å². The number of aryl methyl sites for hydroxylation is 1. The van der Waals surface area contributed by atoms with Gasteiger partial charge in [-0.15, -0.1) is 0 Å². The van der Waals surface area contributed by atoms with Gasteiger partial charge in [0.25, 0.3) is 5.91 Å². The van der Waals surface area contributed by atoms with Crippen LogP contribution in [0.4, 0.5) is 4.39 Å². The second-order valence-electron chi connectivity index (χ2n) is 10.3. The van der Waals surface area contributed by atoms with Crippen molar-refractivity contribution in [2.75, 3.05) is 39.3 Å². The first-order chi connectivity index (χ1) is 18.0. The summed E-state index contributed by atoms with van der Waals surface area (Å²) in [5.41, 5.74) is 2.55. The molecule has 37 heavy (non-hydrogen) atoms. The Morgan fingerprint density at radius 2 is 1.51 bits per heavy atom. The summed E-state index contributed by atoms with van der Waals surface area (Å²) in [4.78, 5) is 32.3. The Bertz CT molecular complexity index is 971. The number of carbonyl (C=O) groups is 2. The summed E-state index contributed by atoms with van der Waals surface area (Å²) >= 11 is 0. The maximum atomic E-state index is 13.4. The Kier molecular flexibility index (Phi) is 12.1. The van der Waals surface area contributed by atoms with Gasteiger partial charge in [-0.25, -0.2) is 4.39 Å². The second-order valence-corrected chi connectivity index (χ2v) is 10.3. The minimum absolute atomic E-state index is 0.00840. The predicted molar refractivity (Wildman–Crippen MR) is 148 cm³/mol. The number of nitrogens with zero attached hydrogens (tertiary/aromatic N) is 3. The largest absolute Gasteiger partial charge is 0.340 e. The molecule has 0 spiro atoms. The first-order valence-corrected chi connectivity index (χ1v) is 14.1. The number of amides is 2. The van der Waals surface area contributed by atoms with E-state index >= 15 is 0 Å². The Balaban J connectivity index is 1.47. The van der Waals surface area contributed by atoms with E-state index in [9.17, 15) is 14.0 Å². The van der Waals surface area contributed by atoms with Crippen LogP contribution >= 0.6 is 0 Å². The van der Waals surface area contributed by atoms with Gasteiger partial charge in [0.15, 0.2) is 0 Å². The van der Waals surface area contributed by atoms with Gasteiger partial charge in [0.1, 0.15) is 5.82 Å². The minimum atomic E-state index is -0.278. The average Bonchev–Trinajstić information content (AvgIpc) is 2.91. The fourth-order valence-corrected chi connectivity index (χ4v) is 4.92. The summed E-state index contributed by atoms with van der Waals surface area (Å²) in [5.74, 6) is -0.00766. The lowest BCUT2D eigenvalue weighted by Crippen LogP contribution is -2.50. The van der Waals surface area contributed by atoms with Crippen LogP contribution in [-0.4, -0.2) is 65.8 Å². The predicted octanol–water partition coefficient (Wildman–Crippen LogP) is 6.06. The number of carbonyl (C=O) groups excluding carboxylic acids is 2. The minimum Gasteiger partial charge on any atom is -0.340 e. The number of unbranched alkanes of at least 4 members (excludes halogenated alkanes) is 6. The number of halogens is 1. The molecule has 1 saturated heterocycles. The Morgan fingerprint density at radius 1 is 0.865 bits per heavy atom. The van der Waals surface area contributed by atoms with E-state index in [1.807, 2.05) is 41.0 Å². The summed E-state index contributed by atoms with van der Waals surface area (Å²) in [7, 11) is 0. The van der Waals surface area contributed by atoms with Crippen molar-refractivity contribution in [3.8, 4) is 0 Å². The van der Waals surface area contributed by atoms with Gasteiger partial charge in [0, 0.05) is 57.8 Å². The van der Waals surface area contributed by atoms with Gasteiger partial charge in [0.05, 0.1) is 0 Å². The zero-order valence-electron chi connectivity index (χ0n) is 22.8. The molecule has 202 valence electrons. The molecule has 0 atom stereocenters. The van der Waals surface area contributed by atoms with Gasteiger partial charge >= 0.3 is 0 Å². The second kappa shape index (κ2) is 15.5. The number of piperazine rings is 1. The van der Waals surface area contributed by atoms with Crippen LogP contribution in [0.5, 0.6) is 0 Å². The van der Waals surface area contributed by atoms with Crippen LogP contribution in [0.2, 0.25) is 0 Å². The highest BCUT2D eigenvalue weighted by atomic mass is 19.1. The Hall–Kier alpha value is -2.73. The number of hydrogen-bond donors (Lipinski definition) is 0. The molecule has 2 aromatic carbocycles. The smallest absolute Gasteiger partial charge is 0.254 e. The van der Waals surface area contributed by atoms with Crippen LogP contribution in [0.1, 0.15) is 79.8 Å². The van der Waals surface area contributed by atoms with Crippen LogP contribution in [0.25, 0.3) is 0 Å².